The molecule has 5 heteroatoms. The molecule has 1 N–H and O–H groups in total. The van der Waals surface area contributed by atoms with Crippen molar-refractivity contribution in [3.05, 3.63) is 58.8 Å². The van der Waals surface area contributed by atoms with Crippen LogP contribution in [0.15, 0.2) is 42.5 Å². The van der Waals surface area contributed by atoms with E-state index in [9.17, 15) is 13.6 Å². The fourth-order valence-electron chi connectivity index (χ4n) is 2.39. The molecular formula is C13H10NO3S-. The Bertz CT molecular complexity index is 745. The van der Waals surface area contributed by atoms with E-state index in [0.29, 0.717) is 5.56 Å². The van der Waals surface area contributed by atoms with Gasteiger partial charge in [-0.25, -0.2) is 8.42 Å². The highest BCUT2D eigenvalue weighted by Gasteiger charge is 2.26. The van der Waals surface area contributed by atoms with Gasteiger partial charge in [-0.2, -0.15) is 0 Å². The standard InChI is InChI=1S/C13H10NO3S/c15-14-18(16,17)12-8-7-10-4-1-3-9-5-2-6-11(12)13(9)10/h1-8,12,14H/q-1. The summed E-state index contributed by atoms with van der Waals surface area (Å²) in [4.78, 5) is 1.16. The highest BCUT2D eigenvalue weighted by molar-refractivity contribution is 7.90. The van der Waals surface area contributed by atoms with Crippen LogP contribution in [0.3, 0.4) is 0 Å². The van der Waals surface area contributed by atoms with Crippen LogP contribution in [0.5, 0.6) is 0 Å². The lowest BCUT2D eigenvalue weighted by Crippen LogP contribution is -2.24. The van der Waals surface area contributed by atoms with Crippen molar-refractivity contribution in [2.75, 3.05) is 0 Å². The Kier molecular flexibility index (Phi) is 2.48. The van der Waals surface area contributed by atoms with E-state index >= 15 is 0 Å². The van der Waals surface area contributed by atoms with Crippen molar-refractivity contribution in [2.24, 2.45) is 0 Å². The highest BCUT2D eigenvalue weighted by Crippen LogP contribution is 2.36. The Hall–Kier alpha value is -1.69. The number of hydrogen-bond acceptors (Lipinski definition) is 3. The number of nitrogens with one attached hydrogen (secondary N) is 1. The lowest BCUT2D eigenvalue weighted by atomic mass is 9.93. The van der Waals surface area contributed by atoms with Crippen LogP contribution in [-0.2, 0) is 10.0 Å². The summed E-state index contributed by atoms with van der Waals surface area (Å²) in [6.07, 6.45) is 3.28. The minimum absolute atomic E-state index is 0.647. The van der Waals surface area contributed by atoms with Crippen LogP contribution in [0.25, 0.3) is 16.8 Å². The van der Waals surface area contributed by atoms with Gasteiger partial charge in [0.2, 0.25) is 10.0 Å². The number of benzene rings is 2. The van der Waals surface area contributed by atoms with E-state index in [1.165, 1.54) is 6.08 Å². The van der Waals surface area contributed by atoms with E-state index in [0.717, 1.165) is 21.2 Å². The molecule has 2 aromatic rings. The number of sulfonamides is 1. The predicted molar refractivity (Wildman–Crippen MR) is 71.1 cm³/mol. The Balaban J connectivity index is 2.35. The third kappa shape index (κ3) is 1.56. The Morgan fingerprint density at radius 3 is 2.56 bits per heavy atom. The van der Waals surface area contributed by atoms with Crippen LogP contribution in [0, 0.1) is 5.21 Å². The van der Waals surface area contributed by atoms with Crippen LogP contribution in [0.2, 0.25) is 0 Å². The second-order valence-corrected chi connectivity index (χ2v) is 5.97. The van der Waals surface area contributed by atoms with E-state index in [1.807, 2.05) is 24.3 Å². The maximum absolute atomic E-state index is 11.7. The van der Waals surface area contributed by atoms with Gasteiger partial charge in [-0.1, -0.05) is 48.6 Å². The highest BCUT2D eigenvalue weighted by atomic mass is 32.2. The van der Waals surface area contributed by atoms with E-state index in [4.69, 9.17) is 0 Å². The zero-order valence-electron chi connectivity index (χ0n) is 9.33. The van der Waals surface area contributed by atoms with Gasteiger partial charge in [-0.05, 0) is 21.9 Å². The molecule has 3 rings (SSSR count). The van der Waals surface area contributed by atoms with Crippen molar-refractivity contribution in [3.63, 3.8) is 0 Å². The lowest BCUT2D eigenvalue weighted by Gasteiger charge is -2.23. The van der Waals surface area contributed by atoms with Crippen molar-refractivity contribution in [2.45, 2.75) is 5.25 Å². The third-order valence-corrected chi connectivity index (χ3v) is 4.49. The molecule has 0 saturated heterocycles. The van der Waals surface area contributed by atoms with Crippen molar-refractivity contribution >= 4 is 26.9 Å². The number of hydrogen-bond donors (Lipinski definition) is 1. The average molecular weight is 260 g/mol. The van der Waals surface area contributed by atoms with Crippen LogP contribution < -0.4 is 4.89 Å². The van der Waals surface area contributed by atoms with Crippen LogP contribution in [0.1, 0.15) is 16.4 Å². The maximum Gasteiger partial charge on any atom is 0.211 e. The largest absolute Gasteiger partial charge is 0.775 e. The summed E-state index contributed by atoms with van der Waals surface area (Å²) < 4.78 is 23.5. The summed E-state index contributed by atoms with van der Waals surface area (Å²) in [7, 11) is -3.90. The van der Waals surface area contributed by atoms with E-state index in [2.05, 4.69) is 0 Å². The van der Waals surface area contributed by atoms with Gasteiger partial charge in [0, 0.05) is 0 Å². The molecule has 0 aromatic heterocycles. The summed E-state index contributed by atoms with van der Waals surface area (Å²) in [5.74, 6) is 0. The molecular weight excluding hydrogens is 250 g/mol. The predicted octanol–water partition coefficient (Wildman–Crippen LogP) is 2.32. The quantitative estimate of drug-likeness (QED) is 0.842. The zero-order valence-corrected chi connectivity index (χ0v) is 10.1. The smallest absolute Gasteiger partial charge is 0.211 e. The molecule has 0 spiro atoms. The van der Waals surface area contributed by atoms with Crippen molar-refractivity contribution < 1.29 is 8.42 Å². The van der Waals surface area contributed by atoms with Crippen LogP contribution >= 0.6 is 0 Å². The Labute approximate surface area is 105 Å². The van der Waals surface area contributed by atoms with Crippen LogP contribution in [0.4, 0.5) is 0 Å². The molecule has 0 aliphatic heterocycles. The normalized spacial score (nSPS) is 18.2. The average Bonchev–Trinajstić information content (AvgIpc) is 2.39. The van der Waals surface area contributed by atoms with Gasteiger partial charge in [-0.3, -0.25) is 4.89 Å². The summed E-state index contributed by atoms with van der Waals surface area (Å²) in [6, 6.07) is 11.2. The molecule has 1 unspecified atom stereocenters. The van der Waals surface area contributed by atoms with Gasteiger partial charge in [0.15, 0.2) is 0 Å². The fraction of sp³-hybridized carbons (Fsp3) is 0.0769. The molecule has 0 fully saturated rings. The van der Waals surface area contributed by atoms with Crippen molar-refractivity contribution in [1.82, 2.24) is 4.89 Å². The van der Waals surface area contributed by atoms with Crippen LogP contribution in [-0.4, -0.2) is 8.42 Å². The monoisotopic (exact) mass is 260 g/mol. The summed E-state index contributed by atoms with van der Waals surface area (Å²) in [5, 5.41) is 11.6. The first kappa shape index (κ1) is 11.4. The van der Waals surface area contributed by atoms with Gasteiger partial charge in [0.1, 0.15) is 5.25 Å². The van der Waals surface area contributed by atoms with Gasteiger partial charge in [0.05, 0.1) is 0 Å². The SMILES string of the molecule is O=S(=O)(N[O-])C1C=Cc2cccc3cccc1c23. The zero-order chi connectivity index (χ0) is 12.8. The molecule has 0 amide bonds. The summed E-state index contributed by atoms with van der Waals surface area (Å²) in [5.41, 5.74) is 1.62. The molecule has 2 aromatic carbocycles. The third-order valence-electron chi connectivity index (χ3n) is 3.18. The second kappa shape index (κ2) is 3.91. The maximum atomic E-state index is 11.7. The molecule has 1 aliphatic carbocycles. The summed E-state index contributed by atoms with van der Waals surface area (Å²) >= 11 is 0. The topological polar surface area (TPSA) is 69.2 Å². The Morgan fingerprint density at radius 1 is 1.11 bits per heavy atom. The molecule has 0 bridgehead atoms. The summed E-state index contributed by atoms with van der Waals surface area (Å²) in [6.45, 7) is 0. The molecule has 0 saturated carbocycles. The molecule has 1 aliphatic rings. The molecule has 0 heterocycles. The minimum Gasteiger partial charge on any atom is -0.775 e. The minimum atomic E-state index is -3.90. The van der Waals surface area contributed by atoms with Crippen molar-refractivity contribution in [3.8, 4) is 0 Å². The molecule has 92 valence electrons. The fourth-order valence-corrected chi connectivity index (χ4v) is 3.31. The van der Waals surface area contributed by atoms with Gasteiger partial charge >= 0.3 is 0 Å². The molecule has 4 nitrogen and oxygen atoms in total. The van der Waals surface area contributed by atoms with Gasteiger partial charge in [-0.15, -0.1) is 0 Å². The van der Waals surface area contributed by atoms with Gasteiger partial charge in [0.25, 0.3) is 0 Å². The van der Waals surface area contributed by atoms with Gasteiger partial charge < -0.3 is 5.21 Å². The molecule has 0 radical (unpaired) electrons. The lowest BCUT2D eigenvalue weighted by molar-refractivity contribution is 0.585. The second-order valence-electron chi connectivity index (χ2n) is 4.20. The molecule has 18 heavy (non-hydrogen) atoms. The van der Waals surface area contributed by atoms with E-state index < -0.39 is 15.3 Å². The number of rotatable bonds is 2. The van der Waals surface area contributed by atoms with Crippen molar-refractivity contribution in [1.29, 1.82) is 0 Å². The first-order chi connectivity index (χ1) is 8.63. The Morgan fingerprint density at radius 2 is 1.83 bits per heavy atom. The molecule has 1 atom stereocenters. The van der Waals surface area contributed by atoms with E-state index in [-0.39, 0.29) is 0 Å². The van der Waals surface area contributed by atoms with E-state index in [1.54, 1.807) is 18.2 Å². The first-order valence-corrected chi connectivity index (χ1v) is 7.01. The first-order valence-electron chi connectivity index (χ1n) is 5.46.